The largest absolute Gasteiger partial charge is 0.569 e. The summed E-state index contributed by atoms with van der Waals surface area (Å²) in [5, 5.41) is 10.2. The molecule has 0 bridgehead atoms. The number of nitrogen functional groups attached to an aromatic ring is 2. The molecule has 0 saturated heterocycles. The van der Waals surface area contributed by atoms with E-state index in [1.807, 2.05) is 30.3 Å². The Bertz CT molecular complexity index is 1220. The third-order valence-electron chi connectivity index (χ3n) is 3.80. The van der Waals surface area contributed by atoms with Crippen molar-refractivity contribution in [2.24, 2.45) is 0 Å². The normalized spacial score (nSPS) is 9.71. The third kappa shape index (κ3) is 9.58. The van der Waals surface area contributed by atoms with Gasteiger partial charge in [0.2, 0.25) is 0 Å². The lowest BCUT2D eigenvalue weighted by atomic mass is 10.1. The molecule has 34 heavy (non-hydrogen) atoms. The van der Waals surface area contributed by atoms with E-state index < -0.39 is 0 Å². The van der Waals surface area contributed by atoms with E-state index in [1.165, 1.54) is 6.07 Å². The minimum atomic E-state index is 0.394. The first-order chi connectivity index (χ1) is 16.2. The van der Waals surface area contributed by atoms with Crippen LogP contribution in [0.1, 0.15) is 0 Å². The van der Waals surface area contributed by atoms with Crippen molar-refractivity contribution in [1.29, 1.82) is 0 Å². The highest BCUT2D eigenvalue weighted by Crippen LogP contribution is 2.28. The van der Waals surface area contributed by atoms with Crippen LogP contribution < -0.4 is 16.1 Å². The van der Waals surface area contributed by atoms with Crippen LogP contribution in [0.25, 0.3) is 11.3 Å². The van der Waals surface area contributed by atoms with Crippen LogP contribution >= 0.6 is 62.3 Å². The van der Waals surface area contributed by atoms with Crippen LogP contribution in [0.2, 0.25) is 20.1 Å². The smallest absolute Gasteiger partial charge is 0.537 e. The molecule has 0 fully saturated rings. The predicted molar refractivity (Wildman–Crippen MR) is 146 cm³/mol. The molecule has 175 valence electrons. The SMILES string of the molecule is Nc1cccc(-c2ccc(Cl)c(Cl)c2)n1.Nc1cccc(Br)n1.O[B]Oc1ccc(Cl)c(Cl)c1. The van der Waals surface area contributed by atoms with Gasteiger partial charge >= 0.3 is 7.69 Å². The Morgan fingerprint density at radius 2 is 1.32 bits per heavy atom. The summed E-state index contributed by atoms with van der Waals surface area (Å²) in [4.78, 5) is 8.06. The van der Waals surface area contributed by atoms with E-state index >= 15 is 0 Å². The minimum absolute atomic E-state index is 0.394. The summed E-state index contributed by atoms with van der Waals surface area (Å²) < 4.78 is 5.40. The first-order valence-electron chi connectivity index (χ1n) is 9.33. The maximum atomic E-state index is 8.26. The lowest BCUT2D eigenvalue weighted by Gasteiger charge is -2.03. The number of aromatic nitrogens is 2. The molecule has 0 spiro atoms. The fraction of sp³-hybridized carbons (Fsp3) is 0. The monoisotopic (exact) mass is 599 g/mol. The van der Waals surface area contributed by atoms with Crippen molar-refractivity contribution in [2.45, 2.75) is 0 Å². The summed E-state index contributed by atoms with van der Waals surface area (Å²) in [6.45, 7) is 0. The van der Waals surface area contributed by atoms with E-state index in [9.17, 15) is 0 Å². The number of halogens is 5. The van der Waals surface area contributed by atoms with Crippen molar-refractivity contribution in [1.82, 2.24) is 9.97 Å². The van der Waals surface area contributed by atoms with Crippen molar-refractivity contribution in [3.05, 3.63) is 97.5 Å². The Labute approximate surface area is 226 Å². The molecule has 0 amide bonds. The Balaban J connectivity index is 0.000000190. The van der Waals surface area contributed by atoms with Gasteiger partial charge in [-0.2, -0.15) is 0 Å². The first kappa shape index (κ1) is 28.0. The van der Waals surface area contributed by atoms with Gasteiger partial charge in [-0.05, 0) is 70.5 Å². The number of nitrogens with zero attached hydrogens (tertiary/aromatic N) is 2. The second kappa shape index (κ2) is 14.3. The average Bonchev–Trinajstić information content (AvgIpc) is 2.79. The Morgan fingerprint density at radius 3 is 1.82 bits per heavy atom. The number of anilines is 2. The van der Waals surface area contributed by atoms with E-state index in [0.717, 1.165) is 15.9 Å². The van der Waals surface area contributed by atoms with E-state index in [4.69, 9.17) is 62.9 Å². The summed E-state index contributed by atoms with van der Waals surface area (Å²) >= 11 is 26.2. The second-order valence-corrected chi connectivity index (χ2v) is 8.70. The fourth-order valence-electron chi connectivity index (χ4n) is 2.30. The van der Waals surface area contributed by atoms with Gasteiger partial charge in [0.25, 0.3) is 0 Å². The van der Waals surface area contributed by atoms with Crippen LogP contribution in [0, 0.1) is 0 Å². The van der Waals surface area contributed by atoms with Crippen molar-refractivity contribution in [3.63, 3.8) is 0 Å². The van der Waals surface area contributed by atoms with E-state index in [-0.39, 0.29) is 0 Å². The average molecular weight is 602 g/mol. The first-order valence-corrected chi connectivity index (χ1v) is 11.6. The van der Waals surface area contributed by atoms with Crippen LogP contribution in [-0.2, 0) is 0 Å². The Kier molecular flexibility index (Phi) is 11.8. The number of hydrogen-bond donors (Lipinski definition) is 3. The van der Waals surface area contributed by atoms with Gasteiger partial charge in [-0.3, -0.25) is 0 Å². The van der Waals surface area contributed by atoms with E-state index in [2.05, 4.69) is 30.6 Å². The van der Waals surface area contributed by atoms with Crippen LogP contribution in [0.4, 0.5) is 11.6 Å². The molecule has 5 N–H and O–H groups in total. The molecule has 2 aromatic heterocycles. The van der Waals surface area contributed by atoms with Crippen LogP contribution in [0.5, 0.6) is 5.75 Å². The predicted octanol–water partition coefficient (Wildman–Crippen LogP) is 6.96. The zero-order chi connectivity index (χ0) is 25.1. The van der Waals surface area contributed by atoms with Crippen LogP contribution in [-0.4, -0.2) is 22.7 Å². The maximum Gasteiger partial charge on any atom is 0.569 e. The van der Waals surface area contributed by atoms with Gasteiger partial charge in [-0.15, -0.1) is 0 Å². The van der Waals surface area contributed by atoms with Crippen LogP contribution in [0.15, 0.2) is 77.4 Å². The molecule has 6 nitrogen and oxygen atoms in total. The highest BCUT2D eigenvalue weighted by Gasteiger charge is 2.03. The van der Waals surface area contributed by atoms with Gasteiger partial charge in [0.15, 0.2) is 0 Å². The van der Waals surface area contributed by atoms with Gasteiger partial charge in [0.05, 0.1) is 25.8 Å². The molecule has 0 saturated carbocycles. The summed E-state index contributed by atoms with van der Waals surface area (Å²) in [6, 6.07) is 20.9. The molecule has 1 radical (unpaired) electrons. The third-order valence-corrected chi connectivity index (χ3v) is 5.72. The van der Waals surface area contributed by atoms with Crippen molar-refractivity contribution in [2.75, 3.05) is 11.5 Å². The van der Waals surface area contributed by atoms with Gasteiger partial charge in [0.1, 0.15) is 22.0 Å². The van der Waals surface area contributed by atoms with Crippen molar-refractivity contribution in [3.8, 4) is 17.0 Å². The number of hydrogen-bond acceptors (Lipinski definition) is 6. The molecule has 4 rings (SSSR count). The standard InChI is InChI=1S/C11H8Cl2N2.C6H4BCl2O2.C5H5BrN2/c12-8-5-4-7(6-9(8)13)10-2-1-3-11(14)15-10;8-5-2-1-4(11-7-10)3-6(5)9;6-4-2-1-3-5(7)8-4/h1-6H,(H2,14,15);1-3,10H;1-3H,(H2,7,8). The molecular weight excluding hydrogens is 585 g/mol. The van der Waals surface area contributed by atoms with Crippen molar-refractivity contribution >= 4 is 81.7 Å². The molecule has 0 aliphatic rings. The molecule has 2 aromatic carbocycles. The zero-order valence-corrected chi connectivity index (χ0v) is 21.9. The lowest BCUT2D eigenvalue weighted by Crippen LogP contribution is -1.99. The zero-order valence-electron chi connectivity index (χ0n) is 17.3. The Morgan fingerprint density at radius 1 is 0.735 bits per heavy atom. The molecule has 0 aliphatic carbocycles. The molecule has 2 heterocycles. The van der Waals surface area contributed by atoms with Gasteiger partial charge in [0, 0.05) is 5.56 Å². The highest BCUT2D eigenvalue weighted by atomic mass is 79.9. The molecule has 0 unspecified atom stereocenters. The summed E-state index contributed by atoms with van der Waals surface area (Å²) in [6.07, 6.45) is 0. The number of rotatable bonds is 3. The maximum absolute atomic E-state index is 8.26. The summed E-state index contributed by atoms with van der Waals surface area (Å²) in [5.74, 6) is 1.47. The van der Waals surface area contributed by atoms with Crippen molar-refractivity contribution < 1.29 is 9.68 Å². The molecule has 0 atom stereocenters. The topological polar surface area (TPSA) is 107 Å². The summed E-state index contributed by atoms with van der Waals surface area (Å²) in [7, 11) is 0.583. The number of nitrogens with two attached hydrogens (primary N) is 2. The number of pyridine rings is 2. The van der Waals surface area contributed by atoms with Gasteiger partial charge in [-0.25, -0.2) is 9.97 Å². The molecule has 12 heteroatoms. The lowest BCUT2D eigenvalue weighted by molar-refractivity contribution is 0.454. The molecule has 0 aliphatic heterocycles. The highest BCUT2D eigenvalue weighted by molar-refractivity contribution is 9.10. The molecular formula is C22H17BBrCl4N4O2. The number of benzene rings is 2. The van der Waals surface area contributed by atoms with Crippen LogP contribution in [0.3, 0.4) is 0 Å². The fourth-order valence-corrected chi connectivity index (χ4v) is 3.25. The van der Waals surface area contributed by atoms with E-state index in [1.54, 1.807) is 36.4 Å². The Hall–Kier alpha value is -2.20. The quantitative estimate of drug-likeness (QED) is 0.173. The van der Waals surface area contributed by atoms with Gasteiger partial charge < -0.3 is 21.1 Å². The minimum Gasteiger partial charge on any atom is -0.537 e. The van der Waals surface area contributed by atoms with Gasteiger partial charge in [-0.1, -0.05) is 64.6 Å². The van der Waals surface area contributed by atoms with E-state index in [0.29, 0.717) is 45.2 Å². The summed E-state index contributed by atoms with van der Waals surface area (Å²) in [5.41, 5.74) is 12.6. The second-order valence-electron chi connectivity index (χ2n) is 6.26. The molecule has 4 aromatic rings.